The maximum Gasteiger partial charge on any atom is 0.416 e. The van der Waals surface area contributed by atoms with Crippen LogP contribution in [0.4, 0.5) is 18.9 Å². The molecule has 0 bridgehead atoms. The number of benzene rings is 1. The lowest BCUT2D eigenvalue weighted by atomic mass is 10.2. The molecule has 1 aromatic rings. The standard InChI is InChI=1S/C11H10BrF3N2/c12-9-4-3-8(11(13,14)15)7-10(9)17-6-2-1-5-16/h3-4,7,17H,1-2,6H2. The molecule has 0 heterocycles. The Labute approximate surface area is 106 Å². The fourth-order valence-electron chi connectivity index (χ4n) is 1.23. The van der Waals surface area contributed by atoms with Crippen molar-refractivity contribution in [3.63, 3.8) is 0 Å². The Hall–Kier alpha value is -1.22. The molecule has 0 unspecified atom stereocenters. The van der Waals surface area contributed by atoms with Gasteiger partial charge in [-0.15, -0.1) is 0 Å². The van der Waals surface area contributed by atoms with Gasteiger partial charge in [0.15, 0.2) is 0 Å². The number of unbranched alkanes of at least 4 members (excludes halogenated alkanes) is 1. The molecule has 0 atom stereocenters. The van der Waals surface area contributed by atoms with Crippen LogP contribution in [-0.2, 0) is 6.18 Å². The predicted octanol–water partition coefficient (Wildman–Crippen LogP) is 4.18. The summed E-state index contributed by atoms with van der Waals surface area (Å²) in [6.45, 7) is 0.466. The Balaban J connectivity index is 2.74. The van der Waals surface area contributed by atoms with E-state index in [-0.39, 0.29) is 0 Å². The summed E-state index contributed by atoms with van der Waals surface area (Å²) in [6, 6.07) is 5.40. The van der Waals surface area contributed by atoms with Crippen molar-refractivity contribution in [3.8, 4) is 6.07 Å². The highest BCUT2D eigenvalue weighted by Gasteiger charge is 2.30. The Morgan fingerprint density at radius 2 is 2.06 bits per heavy atom. The van der Waals surface area contributed by atoms with Crippen molar-refractivity contribution < 1.29 is 13.2 Å². The molecule has 0 fully saturated rings. The van der Waals surface area contributed by atoms with Crippen LogP contribution in [0.2, 0.25) is 0 Å². The Morgan fingerprint density at radius 3 is 2.65 bits per heavy atom. The molecule has 0 radical (unpaired) electrons. The van der Waals surface area contributed by atoms with Crippen LogP contribution in [0, 0.1) is 11.3 Å². The van der Waals surface area contributed by atoms with Crippen molar-refractivity contribution >= 4 is 21.6 Å². The molecule has 0 aliphatic carbocycles. The molecule has 0 aromatic heterocycles. The van der Waals surface area contributed by atoms with Crippen molar-refractivity contribution in [3.05, 3.63) is 28.2 Å². The second-order valence-electron chi connectivity index (χ2n) is 3.38. The van der Waals surface area contributed by atoms with E-state index in [4.69, 9.17) is 5.26 Å². The lowest BCUT2D eigenvalue weighted by Crippen LogP contribution is -2.07. The Morgan fingerprint density at radius 1 is 1.35 bits per heavy atom. The number of nitrogens with one attached hydrogen (secondary N) is 1. The quantitative estimate of drug-likeness (QED) is 0.847. The zero-order valence-electron chi connectivity index (χ0n) is 8.81. The zero-order valence-corrected chi connectivity index (χ0v) is 10.4. The number of rotatable bonds is 4. The van der Waals surface area contributed by atoms with Crippen LogP contribution in [0.15, 0.2) is 22.7 Å². The first-order valence-corrected chi connectivity index (χ1v) is 5.72. The highest BCUT2D eigenvalue weighted by molar-refractivity contribution is 9.10. The van der Waals surface area contributed by atoms with Gasteiger partial charge in [-0.1, -0.05) is 0 Å². The third kappa shape index (κ3) is 4.27. The van der Waals surface area contributed by atoms with Gasteiger partial charge < -0.3 is 5.32 Å². The van der Waals surface area contributed by atoms with E-state index in [1.54, 1.807) is 0 Å². The first kappa shape index (κ1) is 13.8. The minimum Gasteiger partial charge on any atom is -0.384 e. The van der Waals surface area contributed by atoms with Crippen LogP contribution in [0.3, 0.4) is 0 Å². The highest BCUT2D eigenvalue weighted by Crippen LogP contribution is 2.33. The summed E-state index contributed by atoms with van der Waals surface area (Å²) in [7, 11) is 0. The van der Waals surface area contributed by atoms with Gasteiger partial charge in [0.25, 0.3) is 0 Å². The lowest BCUT2D eigenvalue weighted by molar-refractivity contribution is -0.137. The number of anilines is 1. The molecule has 92 valence electrons. The SMILES string of the molecule is N#CCCCNc1cc(C(F)(F)F)ccc1Br. The molecule has 0 saturated heterocycles. The summed E-state index contributed by atoms with van der Waals surface area (Å²) in [5.74, 6) is 0. The highest BCUT2D eigenvalue weighted by atomic mass is 79.9. The van der Waals surface area contributed by atoms with Crippen LogP contribution in [0.1, 0.15) is 18.4 Å². The summed E-state index contributed by atoms with van der Waals surface area (Å²) in [4.78, 5) is 0. The summed E-state index contributed by atoms with van der Waals surface area (Å²) < 4.78 is 37.9. The first-order valence-electron chi connectivity index (χ1n) is 4.92. The maximum absolute atomic E-state index is 12.5. The summed E-state index contributed by atoms with van der Waals surface area (Å²) in [5, 5.41) is 11.2. The monoisotopic (exact) mass is 306 g/mol. The zero-order chi connectivity index (χ0) is 12.9. The fourth-order valence-corrected chi connectivity index (χ4v) is 1.61. The number of halogens is 4. The maximum atomic E-state index is 12.5. The van der Waals surface area contributed by atoms with Gasteiger partial charge in [0.1, 0.15) is 0 Å². The topological polar surface area (TPSA) is 35.8 Å². The molecule has 2 nitrogen and oxygen atoms in total. The van der Waals surface area contributed by atoms with Crippen LogP contribution in [0.5, 0.6) is 0 Å². The Kier molecular flexibility index (Phi) is 4.82. The van der Waals surface area contributed by atoms with E-state index in [1.165, 1.54) is 6.07 Å². The number of nitrogens with zero attached hydrogens (tertiary/aromatic N) is 1. The van der Waals surface area contributed by atoms with E-state index in [2.05, 4.69) is 21.2 Å². The molecule has 1 N–H and O–H groups in total. The molecule has 1 aromatic carbocycles. The molecule has 0 aliphatic rings. The molecule has 6 heteroatoms. The van der Waals surface area contributed by atoms with E-state index in [9.17, 15) is 13.2 Å². The number of nitriles is 1. The van der Waals surface area contributed by atoms with Crippen molar-refractivity contribution in [2.75, 3.05) is 11.9 Å². The minimum atomic E-state index is -4.34. The molecule has 0 saturated carbocycles. The Bertz CT molecular complexity index is 424. The van der Waals surface area contributed by atoms with Gasteiger partial charge in [0, 0.05) is 23.1 Å². The average Bonchev–Trinajstić information content (AvgIpc) is 2.25. The summed E-state index contributed by atoms with van der Waals surface area (Å²) in [6.07, 6.45) is -3.37. The molecule has 0 amide bonds. The second-order valence-corrected chi connectivity index (χ2v) is 4.24. The largest absolute Gasteiger partial charge is 0.416 e. The summed E-state index contributed by atoms with van der Waals surface area (Å²) in [5.41, 5.74) is -0.304. The van der Waals surface area contributed by atoms with Crippen molar-refractivity contribution in [2.45, 2.75) is 19.0 Å². The van der Waals surface area contributed by atoms with Gasteiger partial charge >= 0.3 is 6.18 Å². The van der Waals surface area contributed by atoms with E-state index < -0.39 is 11.7 Å². The molecule has 1 rings (SSSR count). The van der Waals surface area contributed by atoms with Crippen LogP contribution in [0.25, 0.3) is 0 Å². The van der Waals surface area contributed by atoms with Gasteiger partial charge in [-0.25, -0.2) is 0 Å². The van der Waals surface area contributed by atoms with E-state index in [1.807, 2.05) is 6.07 Å². The lowest BCUT2D eigenvalue weighted by Gasteiger charge is -2.12. The summed E-state index contributed by atoms with van der Waals surface area (Å²) >= 11 is 3.17. The van der Waals surface area contributed by atoms with Gasteiger partial charge in [0.05, 0.1) is 11.6 Å². The van der Waals surface area contributed by atoms with Crippen LogP contribution >= 0.6 is 15.9 Å². The third-order valence-corrected chi connectivity index (χ3v) is 2.77. The predicted molar refractivity (Wildman–Crippen MR) is 62.5 cm³/mol. The van der Waals surface area contributed by atoms with Crippen molar-refractivity contribution in [1.82, 2.24) is 0 Å². The van der Waals surface area contributed by atoms with Gasteiger partial charge in [-0.3, -0.25) is 0 Å². The fraction of sp³-hybridized carbons (Fsp3) is 0.364. The van der Waals surface area contributed by atoms with Gasteiger partial charge in [-0.05, 0) is 40.5 Å². The second kappa shape index (κ2) is 5.92. The van der Waals surface area contributed by atoms with E-state index >= 15 is 0 Å². The van der Waals surface area contributed by atoms with Crippen molar-refractivity contribution in [1.29, 1.82) is 5.26 Å². The minimum absolute atomic E-state index is 0.379. The number of hydrogen-bond acceptors (Lipinski definition) is 2. The smallest absolute Gasteiger partial charge is 0.384 e. The number of hydrogen-bond donors (Lipinski definition) is 1. The molecule has 17 heavy (non-hydrogen) atoms. The van der Waals surface area contributed by atoms with Gasteiger partial charge in [-0.2, -0.15) is 18.4 Å². The molecule has 0 aliphatic heterocycles. The van der Waals surface area contributed by atoms with E-state index in [0.717, 1.165) is 12.1 Å². The molecular weight excluding hydrogens is 297 g/mol. The van der Waals surface area contributed by atoms with Gasteiger partial charge in [0.2, 0.25) is 0 Å². The third-order valence-electron chi connectivity index (χ3n) is 2.07. The first-order chi connectivity index (χ1) is 7.95. The van der Waals surface area contributed by atoms with E-state index in [0.29, 0.717) is 29.5 Å². The van der Waals surface area contributed by atoms with Crippen LogP contribution < -0.4 is 5.32 Å². The normalized spacial score (nSPS) is 11.0. The van der Waals surface area contributed by atoms with Crippen molar-refractivity contribution in [2.24, 2.45) is 0 Å². The number of alkyl halides is 3. The molecular formula is C11H10BrF3N2. The average molecular weight is 307 g/mol. The molecule has 0 spiro atoms. The van der Waals surface area contributed by atoms with Crippen LogP contribution in [-0.4, -0.2) is 6.54 Å².